The molecule has 2 heterocycles. The Bertz CT molecular complexity index is 687. The number of anilines is 1. The molecule has 2 aromatic heterocycles. The van der Waals surface area contributed by atoms with Gasteiger partial charge in [0.05, 0.1) is 11.1 Å². The van der Waals surface area contributed by atoms with Gasteiger partial charge in [-0.25, -0.2) is 4.98 Å². The van der Waals surface area contributed by atoms with Crippen LogP contribution in [0.1, 0.15) is 10.4 Å². The molecule has 0 atom stereocenters. The van der Waals surface area contributed by atoms with Crippen molar-refractivity contribution in [3.05, 3.63) is 48.5 Å². The van der Waals surface area contributed by atoms with E-state index in [2.05, 4.69) is 25.3 Å². The lowest BCUT2D eigenvalue weighted by Gasteiger charge is -2.04. The van der Waals surface area contributed by atoms with Crippen molar-refractivity contribution in [2.45, 2.75) is 0 Å². The fourth-order valence-electron chi connectivity index (χ4n) is 1.68. The van der Waals surface area contributed by atoms with Gasteiger partial charge in [-0.3, -0.25) is 20.1 Å². The zero-order valence-electron chi connectivity index (χ0n) is 9.29. The minimum absolute atomic E-state index is 0.268. The van der Waals surface area contributed by atoms with E-state index in [9.17, 15) is 4.79 Å². The van der Waals surface area contributed by atoms with Crippen molar-refractivity contribution in [1.82, 2.24) is 19.9 Å². The van der Waals surface area contributed by atoms with Crippen LogP contribution in [0.15, 0.2) is 43.0 Å². The molecule has 0 radical (unpaired) electrons. The number of H-pyrrole nitrogens is 1. The van der Waals surface area contributed by atoms with Crippen LogP contribution < -0.4 is 5.32 Å². The highest BCUT2D eigenvalue weighted by Crippen LogP contribution is 2.14. The van der Waals surface area contributed by atoms with E-state index < -0.39 is 0 Å². The molecule has 3 rings (SSSR count). The Hall–Kier alpha value is -2.76. The molecular weight excluding hydrogens is 230 g/mol. The normalized spacial score (nSPS) is 10.4. The highest BCUT2D eigenvalue weighted by atomic mass is 16.1. The summed E-state index contributed by atoms with van der Waals surface area (Å²) < 4.78 is 0. The van der Waals surface area contributed by atoms with E-state index in [1.165, 1.54) is 0 Å². The molecule has 0 saturated heterocycles. The zero-order chi connectivity index (χ0) is 12.4. The van der Waals surface area contributed by atoms with Crippen LogP contribution in [-0.4, -0.2) is 25.8 Å². The minimum Gasteiger partial charge on any atom is -0.331 e. The zero-order valence-corrected chi connectivity index (χ0v) is 9.29. The Balaban J connectivity index is 2.01. The largest absolute Gasteiger partial charge is 0.331 e. The number of fused-ring (bicyclic) bond motifs is 1. The van der Waals surface area contributed by atoms with Gasteiger partial charge in [-0.2, -0.15) is 0 Å². The summed E-state index contributed by atoms with van der Waals surface area (Å²) >= 11 is 0. The van der Waals surface area contributed by atoms with Gasteiger partial charge < -0.3 is 4.98 Å². The number of para-hydroxylation sites is 1. The monoisotopic (exact) mass is 239 g/mol. The van der Waals surface area contributed by atoms with Gasteiger partial charge in [-0.05, 0) is 12.1 Å². The predicted octanol–water partition coefficient (Wildman–Crippen LogP) is 1.61. The van der Waals surface area contributed by atoms with Crippen LogP contribution in [-0.2, 0) is 0 Å². The lowest BCUT2D eigenvalue weighted by Crippen LogP contribution is -2.13. The van der Waals surface area contributed by atoms with E-state index in [4.69, 9.17) is 0 Å². The Kier molecular flexibility index (Phi) is 2.45. The van der Waals surface area contributed by atoms with Gasteiger partial charge in [0.1, 0.15) is 5.52 Å². The van der Waals surface area contributed by atoms with Crippen molar-refractivity contribution < 1.29 is 4.79 Å². The average molecular weight is 239 g/mol. The van der Waals surface area contributed by atoms with Crippen LogP contribution >= 0.6 is 0 Å². The molecule has 88 valence electrons. The second-order valence-electron chi connectivity index (χ2n) is 3.62. The number of aromatic amines is 1. The molecule has 0 aliphatic heterocycles. The topological polar surface area (TPSA) is 83.6 Å². The van der Waals surface area contributed by atoms with Crippen LogP contribution in [0.25, 0.3) is 11.0 Å². The summed E-state index contributed by atoms with van der Waals surface area (Å²) in [4.78, 5) is 27.2. The molecule has 2 N–H and O–H groups in total. The Morgan fingerprint density at radius 1 is 1.11 bits per heavy atom. The van der Waals surface area contributed by atoms with Gasteiger partial charge >= 0.3 is 0 Å². The molecule has 6 nitrogen and oxygen atoms in total. The molecule has 0 bridgehead atoms. The standard InChI is InChI=1S/C12H9N5O/c18-11(17-12-15-6-7-16-12)8-2-1-3-9-10(8)14-5-4-13-9/h1-7H,(H2,15,16,17,18). The number of nitrogens with one attached hydrogen (secondary N) is 2. The number of carbonyl (C=O) groups excluding carboxylic acids is 1. The predicted molar refractivity (Wildman–Crippen MR) is 66.1 cm³/mol. The van der Waals surface area contributed by atoms with E-state index in [0.29, 0.717) is 22.5 Å². The number of imidazole rings is 1. The Morgan fingerprint density at radius 3 is 2.83 bits per heavy atom. The Labute approximate surface area is 102 Å². The summed E-state index contributed by atoms with van der Waals surface area (Å²) in [7, 11) is 0. The molecule has 0 aliphatic carbocycles. The third kappa shape index (κ3) is 1.80. The summed E-state index contributed by atoms with van der Waals surface area (Å²) in [5, 5.41) is 2.66. The molecule has 6 heteroatoms. The fourth-order valence-corrected chi connectivity index (χ4v) is 1.68. The van der Waals surface area contributed by atoms with E-state index in [0.717, 1.165) is 0 Å². The molecule has 0 spiro atoms. The number of nitrogens with zero attached hydrogens (tertiary/aromatic N) is 3. The third-order valence-corrected chi connectivity index (χ3v) is 2.47. The van der Waals surface area contributed by atoms with Crippen LogP contribution in [0.2, 0.25) is 0 Å². The van der Waals surface area contributed by atoms with Crippen molar-refractivity contribution in [2.24, 2.45) is 0 Å². The smallest absolute Gasteiger partial charge is 0.260 e. The van der Waals surface area contributed by atoms with Crippen LogP contribution in [0, 0.1) is 0 Å². The molecule has 0 aliphatic rings. The molecule has 0 fully saturated rings. The molecule has 0 unspecified atom stereocenters. The maximum Gasteiger partial charge on any atom is 0.260 e. The molecule has 1 aromatic carbocycles. The number of carbonyl (C=O) groups is 1. The molecular formula is C12H9N5O. The summed E-state index contributed by atoms with van der Waals surface area (Å²) in [5.41, 5.74) is 1.73. The summed E-state index contributed by atoms with van der Waals surface area (Å²) in [5.74, 6) is 0.136. The van der Waals surface area contributed by atoms with Crippen molar-refractivity contribution in [3.8, 4) is 0 Å². The lowest BCUT2D eigenvalue weighted by molar-refractivity contribution is 0.102. The highest BCUT2D eigenvalue weighted by Gasteiger charge is 2.12. The van der Waals surface area contributed by atoms with Crippen molar-refractivity contribution >= 4 is 22.9 Å². The SMILES string of the molecule is O=C(Nc1ncc[nH]1)c1cccc2nccnc12. The number of amides is 1. The number of rotatable bonds is 2. The molecule has 1 amide bonds. The molecule has 0 saturated carbocycles. The second-order valence-corrected chi connectivity index (χ2v) is 3.62. The third-order valence-electron chi connectivity index (χ3n) is 2.47. The van der Waals surface area contributed by atoms with Crippen molar-refractivity contribution in [2.75, 3.05) is 5.32 Å². The first-order valence-electron chi connectivity index (χ1n) is 5.35. The van der Waals surface area contributed by atoms with Crippen LogP contribution in [0.4, 0.5) is 5.95 Å². The lowest BCUT2D eigenvalue weighted by atomic mass is 10.1. The number of hydrogen-bond donors (Lipinski definition) is 2. The van der Waals surface area contributed by atoms with Gasteiger partial charge in [0, 0.05) is 24.8 Å². The second kappa shape index (κ2) is 4.25. The van der Waals surface area contributed by atoms with E-state index in [1.54, 1.807) is 36.9 Å². The fraction of sp³-hybridized carbons (Fsp3) is 0. The first kappa shape index (κ1) is 10.4. The van der Waals surface area contributed by atoms with Gasteiger partial charge in [-0.1, -0.05) is 6.07 Å². The highest BCUT2D eigenvalue weighted by molar-refractivity contribution is 6.10. The van der Waals surface area contributed by atoms with Gasteiger partial charge in [0.2, 0.25) is 5.95 Å². The summed E-state index contributed by atoms with van der Waals surface area (Å²) in [6, 6.07) is 5.29. The quantitative estimate of drug-likeness (QED) is 0.711. The van der Waals surface area contributed by atoms with Crippen LogP contribution in [0.3, 0.4) is 0 Å². The summed E-state index contributed by atoms with van der Waals surface area (Å²) in [6.07, 6.45) is 6.36. The first-order chi connectivity index (χ1) is 8.84. The van der Waals surface area contributed by atoms with Gasteiger partial charge in [0.15, 0.2) is 0 Å². The van der Waals surface area contributed by atoms with Crippen molar-refractivity contribution in [3.63, 3.8) is 0 Å². The van der Waals surface area contributed by atoms with Gasteiger partial charge in [0.25, 0.3) is 5.91 Å². The molecule has 3 aromatic rings. The Morgan fingerprint density at radius 2 is 2.00 bits per heavy atom. The number of aromatic nitrogens is 4. The van der Waals surface area contributed by atoms with Gasteiger partial charge in [-0.15, -0.1) is 0 Å². The maximum atomic E-state index is 12.1. The van der Waals surface area contributed by atoms with Crippen molar-refractivity contribution in [1.29, 1.82) is 0 Å². The molecule has 18 heavy (non-hydrogen) atoms. The van der Waals surface area contributed by atoms with Crippen LogP contribution in [0.5, 0.6) is 0 Å². The number of hydrogen-bond acceptors (Lipinski definition) is 4. The maximum absolute atomic E-state index is 12.1. The average Bonchev–Trinajstić information content (AvgIpc) is 2.91. The van der Waals surface area contributed by atoms with E-state index in [-0.39, 0.29) is 5.91 Å². The summed E-state index contributed by atoms with van der Waals surface area (Å²) in [6.45, 7) is 0. The number of benzene rings is 1. The first-order valence-corrected chi connectivity index (χ1v) is 5.35. The van der Waals surface area contributed by atoms with E-state index in [1.807, 2.05) is 6.07 Å². The minimum atomic E-state index is -0.268. The van der Waals surface area contributed by atoms with E-state index >= 15 is 0 Å².